The number of sulfone groups is 1. The van der Waals surface area contributed by atoms with E-state index in [-0.39, 0.29) is 21.7 Å². The lowest BCUT2D eigenvalue weighted by Crippen LogP contribution is -2.20. The molecule has 0 aliphatic heterocycles. The fraction of sp³-hybridized carbons (Fsp3) is 0.105. The van der Waals surface area contributed by atoms with E-state index in [1.165, 1.54) is 31.4 Å². The first kappa shape index (κ1) is 21.9. The van der Waals surface area contributed by atoms with Crippen LogP contribution in [0.4, 0.5) is 5.69 Å². The summed E-state index contributed by atoms with van der Waals surface area (Å²) >= 11 is 6.76. The molecule has 1 heterocycles. The van der Waals surface area contributed by atoms with Crippen molar-refractivity contribution in [1.82, 2.24) is 9.97 Å². The molecule has 0 aliphatic rings. The van der Waals surface area contributed by atoms with Gasteiger partial charge in [0.25, 0.3) is 5.56 Å². The maximum atomic E-state index is 12.7. The Bertz CT molecular complexity index is 1210. The standard InChI is InChI=1S/C19H16ClN3O5S2/c1-28-14-6-8-15(9-7-14)30(26,27)16-10-21-19(23-18(16)25)29-11-17(24)22-13-4-2-12(20)3-5-13/h2-10H,11H2,1H3,(H,22,24)(H,21,23,25). The minimum Gasteiger partial charge on any atom is -0.497 e. The van der Waals surface area contributed by atoms with Crippen molar-refractivity contribution >= 4 is 44.8 Å². The van der Waals surface area contributed by atoms with Gasteiger partial charge in [-0.1, -0.05) is 23.4 Å². The number of rotatable bonds is 7. The molecule has 2 aromatic carbocycles. The van der Waals surface area contributed by atoms with Gasteiger partial charge in [-0.25, -0.2) is 13.4 Å². The Balaban J connectivity index is 1.69. The number of aromatic nitrogens is 2. The Labute approximate surface area is 181 Å². The van der Waals surface area contributed by atoms with Gasteiger partial charge in [-0.15, -0.1) is 0 Å². The molecule has 30 heavy (non-hydrogen) atoms. The van der Waals surface area contributed by atoms with Crippen molar-refractivity contribution in [2.75, 3.05) is 18.2 Å². The number of carbonyl (C=O) groups is 1. The monoisotopic (exact) mass is 465 g/mol. The number of nitrogens with one attached hydrogen (secondary N) is 2. The number of thioether (sulfide) groups is 1. The summed E-state index contributed by atoms with van der Waals surface area (Å²) < 4.78 is 30.4. The summed E-state index contributed by atoms with van der Waals surface area (Å²) in [5.41, 5.74) is -0.242. The molecule has 0 bridgehead atoms. The lowest BCUT2D eigenvalue weighted by molar-refractivity contribution is -0.113. The molecule has 1 amide bonds. The molecule has 0 saturated carbocycles. The van der Waals surface area contributed by atoms with Crippen molar-refractivity contribution in [2.24, 2.45) is 0 Å². The molecule has 0 atom stereocenters. The Morgan fingerprint density at radius 3 is 2.43 bits per heavy atom. The second-order valence-electron chi connectivity index (χ2n) is 5.90. The van der Waals surface area contributed by atoms with Crippen LogP contribution in [0.15, 0.2) is 74.5 Å². The van der Waals surface area contributed by atoms with Crippen LogP contribution in [0.25, 0.3) is 0 Å². The maximum absolute atomic E-state index is 12.7. The molecule has 2 N–H and O–H groups in total. The average molecular weight is 466 g/mol. The minimum atomic E-state index is -4.05. The Kier molecular flexibility index (Phi) is 6.80. The zero-order valence-corrected chi connectivity index (χ0v) is 18.0. The van der Waals surface area contributed by atoms with E-state index in [4.69, 9.17) is 16.3 Å². The van der Waals surface area contributed by atoms with E-state index < -0.39 is 20.3 Å². The number of methoxy groups -OCH3 is 1. The summed E-state index contributed by atoms with van der Waals surface area (Å²) in [5, 5.41) is 3.35. The minimum absolute atomic E-state index is 0.0316. The molecular formula is C19H16ClN3O5S2. The van der Waals surface area contributed by atoms with Crippen molar-refractivity contribution in [1.29, 1.82) is 0 Å². The first-order valence-corrected chi connectivity index (χ1v) is 11.3. The van der Waals surface area contributed by atoms with Gasteiger partial charge in [-0.2, -0.15) is 0 Å². The number of hydrogen-bond acceptors (Lipinski definition) is 7. The molecule has 0 saturated heterocycles. The van der Waals surface area contributed by atoms with Crippen LogP contribution in [-0.2, 0) is 14.6 Å². The van der Waals surface area contributed by atoms with Crippen LogP contribution in [0.5, 0.6) is 5.75 Å². The van der Waals surface area contributed by atoms with Gasteiger partial charge in [0.2, 0.25) is 15.7 Å². The van der Waals surface area contributed by atoms with Gasteiger partial charge in [0.1, 0.15) is 5.75 Å². The number of ether oxygens (including phenoxy) is 1. The van der Waals surface area contributed by atoms with Gasteiger partial charge in [0.05, 0.1) is 24.0 Å². The Hall–Kier alpha value is -2.82. The van der Waals surface area contributed by atoms with Crippen LogP contribution in [0, 0.1) is 0 Å². The molecule has 156 valence electrons. The van der Waals surface area contributed by atoms with E-state index in [1.54, 1.807) is 24.3 Å². The topological polar surface area (TPSA) is 118 Å². The van der Waals surface area contributed by atoms with Gasteiger partial charge < -0.3 is 15.0 Å². The first-order chi connectivity index (χ1) is 14.3. The quantitative estimate of drug-likeness (QED) is 0.406. The molecule has 8 nitrogen and oxygen atoms in total. The molecule has 0 radical (unpaired) electrons. The number of aromatic amines is 1. The Morgan fingerprint density at radius 2 is 1.83 bits per heavy atom. The number of carbonyl (C=O) groups excluding carboxylic acids is 1. The number of benzene rings is 2. The molecule has 1 aromatic heterocycles. The van der Waals surface area contributed by atoms with Crippen molar-refractivity contribution in [3.63, 3.8) is 0 Å². The van der Waals surface area contributed by atoms with Crippen molar-refractivity contribution in [3.8, 4) is 5.75 Å². The average Bonchev–Trinajstić information content (AvgIpc) is 2.74. The third-order valence-electron chi connectivity index (χ3n) is 3.87. The predicted octanol–water partition coefficient (Wildman–Crippen LogP) is 3.00. The van der Waals surface area contributed by atoms with Gasteiger partial charge >= 0.3 is 0 Å². The van der Waals surface area contributed by atoms with Crippen molar-refractivity contribution < 1.29 is 17.9 Å². The van der Waals surface area contributed by atoms with Gasteiger partial charge in [-0.3, -0.25) is 9.59 Å². The molecule has 3 rings (SSSR count). The van der Waals surface area contributed by atoms with Gasteiger partial charge in [-0.05, 0) is 48.5 Å². The molecule has 0 spiro atoms. The second-order valence-corrected chi connectivity index (χ2v) is 9.22. The number of amides is 1. The zero-order chi connectivity index (χ0) is 21.7. The second kappa shape index (κ2) is 9.33. The van der Waals surface area contributed by atoms with Crippen LogP contribution >= 0.6 is 23.4 Å². The van der Waals surface area contributed by atoms with Crippen LogP contribution in [0.2, 0.25) is 5.02 Å². The Morgan fingerprint density at radius 1 is 1.17 bits per heavy atom. The van der Waals surface area contributed by atoms with E-state index >= 15 is 0 Å². The van der Waals surface area contributed by atoms with Crippen molar-refractivity contribution in [2.45, 2.75) is 14.9 Å². The van der Waals surface area contributed by atoms with Crippen LogP contribution in [-0.4, -0.2) is 37.2 Å². The van der Waals surface area contributed by atoms with E-state index in [9.17, 15) is 18.0 Å². The number of nitrogens with zero attached hydrogens (tertiary/aromatic N) is 1. The number of halogens is 1. The fourth-order valence-electron chi connectivity index (χ4n) is 2.38. The van der Waals surface area contributed by atoms with Crippen molar-refractivity contribution in [3.05, 3.63) is 70.1 Å². The lowest BCUT2D eigenvalue weighted by Gasteiger charge is -2.07. The molecule has 3 aromatic rings. The number of anilines is 1. The van der Waals surface area contributed by atoms with E-state index in [0.717, 1.165) is 18.0 Å². The summed E-state index contributed by atoms with van der Waals surface area (Å²) in [6.45, 7) is 0. The summed E-state index contributed by atoms with van der Waals surface area (Å²) in [4.78, 5) is 30.2. The molecule has 0 aliphatic carbocycles. The number of hydrogen-bond donors (Lipinski definition) is 2. The molecular weight excluding hydrogens is 450 g/mol. The van der Waals surface area contributed by atoms with Gasteiger partial charge in [0, 0.05) is 10.7 Å². The molecule has 0 unspecified atom stereocenters. The highest BCUT2D eigenvalue weighted by Gasteiger charge is 2.22. The largest absolute Gasteiger partial charge is 0.497 e. The maximum Gasteiger partial charge on any atom is 0.270 e. The zero-order valence-electron chi connectivity index (χ0n) is 15.6. The third kappa shape index (κ3) is 5.21. The third-order valence-corrected chi connectivity index (χ3v) is 6.77. The van der Waals surface area contributed by atoms with Crippen LogP contribution in [0.1, 0.15) is 0 Å². The normalized spacial score (nSPS) is 11.1. The van der Waals surface area contributed by atoms with E-state index in [0.29, 0.717) is 16.5 Å². The fourth-order valence-corrected chi connectivity index (χ4v) is 4.37. The predicted molar refractivity (Wildman–Crippen MR) is 114 cm³/mol. The summed E-state index contributed by atoms with van der Waals surface area (Å²) in [6.07, 6.45) is 0.984. The highest BCUT2D eigenvalue weighted by molar-refractivity contribution is 7.99. The van der Waals surface area contributed by atoms with E-state index in [1.807, 2.05) is 0 Å². The summed E-state index contributed by atoms with van der Waals surface area (Å²) in [7, 11) is -2.59. The summed E-state index contributed by atoms with van der Waals surface area (Å²) in [6, 6.07) is 12.3. The highest BCUT2D eigenvalue weighted by atomic mass is 35.5. The molecule has 0 fully saturated rings. The smallest absolute Gasteiger partial charge is 0.270 e. The SMILES string of the molecule is COc1ccc(S(=O)(=O)c2cnc(SCC(=O)Nc3ccc(Cl)cc3)[nH]c2=O)cc1. The highest BCUT2D eigenvalue weighted by Crippen LogP contribution is 2.21. The van der Waals surface area contributed by atoms with E-state index in [2.05, 4.69) is 15.3 Å². The number of H-pyrrole nitrogens is 1. The van der Waals surface area contributed by atoms with Gasteiger partial charge in [0.15, 0.2) is 10.1 Å². The van der Waals surface area contributed by atoms with Crippen LogP contribution < -0.4 is 15.6 Å². The molecule has 11 heteroatoms. The van der Waals surface area contributed by atoms with Crippen LogP contribution in [0.3, 0.4) is 0 Å². The summed E-state index contributed by atoms with van der Waals surface area (Å²) in [5.74, 6) is 0.139. The first-order valence-electron chi connectivity index (χ1n) is 8.46. The lowest BCUT2D eigenvalue weighted by atomic mass is 10.3.